The van der Waals surface area contributed by atoms with Crippen LogP contribution in [0.2, 0.25) is 0 Å². The molecule has 0 radical (unpaired) electrons. The fraction of sp³-hybridized carbons (Fsp3) is 0.263. The summed E-state index contributed by atoms with van der Waals surface area (Å²) in [6.45, 7) is 4.31. The molecule has 2 aromatic carbocycles. The number of para-hydroxylation sites is 1. The summed E-state index contributed by atoms with van der Waals surface area (Å²) in [5, 5.41) is 5.63. The van der Waals surface area contributed by atoms with Gasteiger partial charge in [-0.05, 0) is 44.5 Å². The number of rotatable bonds is 6. The second-order valence-corrected chi connectivity index (χ2v) is 5.89. The molecule has 5 nitrogen and oxygen atoms in total. The first kappa shape index (κ1) is 20.7. The van der Waals surface area contributed by atoms with Crippen LogP contribution in [0.25, 0.3) is 0 Å². The number of hydrogen-bond acceptors (Lipinski definition) is 3. The Kier molecular flexibility index (Phi) is 8.11. The molecule has 6 heteroatoms. The number of nitrogens with two attached hydrogens (primary N) is 1. The van der Waals surface area contributed by atoms with E-state index in [1.807, 2.05) is 26.0 Å². The molecular formula is C19H24ClN3O2. The number of anilines is 1. The van der Waals surface area contributed by atoms with Crippen LogP contribution in [-0.4, -0.2) is 24.4 Å². The van der Waals surface area contributed by atoms with E-state index < -0.39 is 0 Å². The Morgan fingerprint density at radius 3 is 2.48 bits per heavy atom. The maximum absolute atomic E-state index is 12.4. The van der Waals surface area contributed by atoms with E-state index in [1.165, 1.54) is 0 Å². The zero-order valence-electron chi connectivity index (χ0n) is 14.4. The fourth-order valence-electron chi connectivity index (χ4n) is 2.28. The highest BCUT2D eigenvalue weighted by molar-refractivity contribution is 6.09. The van der Waals surface area contributed by atoms with Crippen molar-refractivity contribution in [3.63, 3.8) is 0 Å². The molecule has 0 aliphatic rings. The molecule has 2 rings (SSSR count). The quantitative estimate of drug-likeness (QED) is 0.739. The van der Waals surface area contributed by atoms with Gasteiger partial charge in [0.25, 0.3) is 11.8 Å². The van der Waals surface area contributed by atoms with Gasteiger partial charge in [0.05, 0.1) is 11.3 Å². The Morgan fingerprint density at radius 1 is 1.08 bits per heavy atom. The lowest BCUT2D eigenvalue weighted by Crippen LogP contribution is -2.29. The van der Waals surface area contributed by atoms with Gasteiger partial charge in [-0.1, -0.05) is 29.8 Å². The molecular weight excluding hydrogens is 338 g/mol. The Bertz CT molecular complexity index is 732. The zero-order chi connectivity index (χ0) is 17.5. The van der Waals surface area contributed by atoms with Crippen molar-refractivity contribution < 1.29 is 9.59 Å². The third-order valence-corrected chi connectivity index (χ3v) is 3.59. The van der Waals surface area contributed by atoms with Crippen molar-refractivity contribution in [3.8, 4) is 0 Å². The summed E-state index contributed by atoms with van der Waals surface area (Å²) in [4.78, 5) is 24.7. The molecule has 1 unspecified atom stereocenters. The third-order valence-electron chi connectivity index (χ3n) is 3.59. The molecule has 0 aromatic heterocycles. The van der Waals surface area contributed by atoms with Crippen molar-refractivity contribution in [3.05, 3.63) is 65.2 Å². The van der Waals surface area contributed by atoms with Crippen molar-refractivity contribution >= 4 is 29.9 Å². The Balaban J connectivity index is 0.00000312. The molecule has 0 saturated carbocycles. The van der Waals surface area contributed by atoms with Crippen molar-refractivity contribution in [2.45, 2.75) is 26.3 Å². The fourth-order valence-corrected chi connectivity index (χ4v) is 2.28. The van der Waals surface area contributed by atoms with E-state index in [0.717, 1.165) is 5.56 Å². The number of amides is 2. The van der Waals surface area contributed by atoms with Gasteiger partial charge in [-0.3, -0.25) is 9.59 Å². The maximum Gasteiger partial charge on any atom is 0.255 e. The monoisotopic (exact) mass is 361 g/mol. The molecule has 1 atom stereocenters. The van der Waals surface area contributed by atoms with Gasteiger partial charge in [0.1, 0.15) is 0 Å². The summed E-state index contributed by atoms with van der Waals surface area (Å²) in [5.41, 5.74) is 8.16. The molecule has 2 amide bonds. The average molecular weight is 362 g/mol. The van der Waals surface area contributed by atoms with Crippen LogP contribution in [0.1, 0.15) is 39.6 Å². The number of halogens is 1. The van der Waals surface area contributed by atoms with Crippen LogP contribution >= 0.6 is 12.4 Å². The van der Waals surface area contributed by atoms with Gasteiger partial charge in [0.15, 0.2) is 0 Å². The second-order valence-electron chi connectivity index (χ2n) is 5.89. The maximum atomic E-state index is 12.4. The summed E-state index contributed by atoms with van der Waals surface area (Å²) < 4.78 is 0. The number of carbonyl (C=O) groups is 2. The minimum absolute atomic E-state index is 0. The van der Waals surface area contributed by atoms with Crippen LogP contribution in [0.5, 0.6) is 0 Å². The van der Waals surface area contributed by atoms with Gasteiger partial charge in [0.2, 0.25) is 0 Å². The minimum atomic E-state index is -0.241. The minimum Gasteiger partial charge on any atom is -0.352 e. The first-order valence-electron chi connectivity index (χ1n) is 7.98. The van der Waals surface area contributed by atoms with E-state index in [-0.39, 0.29) is 30.3 Å². The zero-order valence-corrected chi connectivity index (χ0v) is 15.2. The molecule has 0 heterocycles. The molecule has 134 valence electrons. The number of benzene rings is 2. The van der Waals surface area contributed by atoms with Crippen molar-refractivity contribution in [2.24, 2.45) is 5.73 Å². The lowest BCUT2D eigenvalue weighted by atomic mass is 10.1. The third kappa shape index (κ3) is 6.21. The Labute approximate surface area is 154 Å². The molecule has 0 aliphatic heterocycles. The van der Waals surface area contributed by atoms with Crippen molar-refractivity contribution in [1.29, 1.82) is 0 Å². The molecule has 0 saturated heterocycles. The van der Waals surface area contributed by atoms with Gasteiger partial charge in [-0.25, -0.2) is 0 Å². The highest BCUT2D eigenvalue weighted by Crippen LogP contribution is 2.16. The van der Waals surface area contributed by atoms with Gasteiger partial charge in [-0.15, -0.1) is 12.4 Å². The predicted molar refractivity (Wildman–Crippen MR) is 103 cm³/mol. The summed E-state index contributed by atoms with van der Waals surface area (Å²) >= 11 is 0. The normalized spacial score (nSPS) is 11.2. The highest BCUT2D eigenvalue weighted by Gasteiger charge is 2.14. The molecule has 4 N–H and O–H groups in total. The van der Waals surface area contributed by atoms with Crippen molar-refractivity contribution in [1.82, 2.24) is 5.32 Å². The lowest BCUT2D eigenvalue weighted by Gasteiger charge is -2.12. The SMILES string of the molecule is Cc1cccc(C(=O)Nc2ccccc2C(=O)NCCC(C)N)c1.Cl. The van der Waals surface area contributed by atoms with Gasteiger partial charge >= 0.3 is 0 Å². The van der Waals surface area contributed by atoms with E-state index in [9.17, 15) is 9.59 Å². The van der Waals surface area contributed by atoms with E-state index in [2.05, 4.69) is 10.6 Å². The van der Waals surface area contributed by atoms with Crippen LogP contribution in [0.15, 0.2) is 48.5 Å². The summed E-state index contributed by atoms with van der Waals surface area (Å²) in [7, 11) is 0. The van der Waals surface area contributed by atoms with E-state index in [1.54, 1.807) is 36.4 Å². The van der Waals surface area contributed by atoms with Gasteiger partial charge < -0.3 is 16.4 Å². The first-order valence-corrected chi connectivity index (χ1v) is 7.98. The molecule has 0 spiro atoms. The Hall–Kier alpha value is -2.37. The standard InChI is InChI=1S/C19H23N3O2.ClH/c1-13-6-5-7-15(12-13)18(23)22-17-9-4-3-8-16(17)19(24)21-11-10-14(2)20;/h3-9,12,14H,10-11,20H2,1-2H3,(H,21,24)(H,22,23);1H. The highest BCUT2D eigenvalue weighted by atomic mass is 35.5. The number of aryl methyl sites for hydroxylation is 1. The lowest BCUT2D eigenvalue weighted by molar-refractivity contribution is 0.0953. The topological polar surface area (TPSA) is 84.2 Å². The van der Waals surface area contributed by atoms with Crippen molar-refractivity contribution in [2.75, 3.05) is 11.9 Å². The molecule has 0 aliphatic carbocycles. The largest absolute Gasteiger partial charge is 0.352 e. The van der Waals surface area contributed by atoms with E-state index >= 15 is 0 Å². The molecule has 0 fully saturated rings. The predicted octanol–water partition coefficient (Wildman–Crippen LogP) is 3.14. The summed E-state index contributed by atoms with van der Waals surface area (Å²) in [6.07, 6.45) is 0.698. The van der Waals surface area contributed by atoms with Crippen LogP contribution in [0.3, 0.4) is 0 Å². The molecule has 25 heavy (non-hydrogen) atoms. The smallest absolute Gasteiger partial charge is 0.255 e. The second kappa shape index (κ2) is 9.81. The van der Waals surface area contributed by atoms with Crippen LogP contribution in [-0.2, 0) is 0 Å². The van der Waals surface area contributed by atoms with Crippen LogP contribution in [0, 0.1) is 6.92 Å². The van der Waals surface area contributed by atoms with E-state index in [4.69, 9.17) is 5.73 Å². The molecule has 0 bridgehead atoms. The van der Waals surface area contributed by atoms with Gasteiger partial charge in [-0.2, -0.15) is 0 Å². The summed E-state index contributed by atoms with van der Waals surface area (Å²) in [5.74, 6) is -0.467. The average Bonchev–Trinajstić information content (AvgIpc) is 2.55. The number of nitrogens with one attached hydrogen (secondary N) is 2. The van der Waals surface area contributed by atoms with Crippen LogP contribution in [0.4, 0.5) is 5.69 Å². The van der Waals surface area contributed by atoms with Crippen LogP contribution < -0.4 is 16.4 Å². The first-order chi connectivity index (χ1) is 11.5. The molecule has 2 aromatic rings. The number of hydrogen-bond donors (Lipinski definition) is 3. The Morgan fingerprint density at radius 2 is 1.80 bits per heavy atom. The van der Waals surface area contributed by atoms with Gasteiger partial charge in [0, 0.05) is 18.2 Å². The number of carbonyl (C=O) groups excluding carboxylic acids is 2. The summed E-state index contributed by atoms with van der Waals surface area (Å²) in [6, 6.07) is 14.3. The van der Waals surface area contributed by atoms with E-state index in [0.29, 0.717) is 29.8 Å².